The number of rotatable bonds is 7. The molecule has 0 heterocycles. The molecule has 2 N–H and O–H groups in total. The fourth-order valence-corrected chi connectivity index (χ4v) is 1.38. The topological polar surface area (TPSA) is 84.6 Å². The minimum absolute atomic E-state index is 0.0153. The molecule has 1 atom stereocenters. The van der Waals surface area contributed by atoms with Gasteiger partial charge in [-0.05, 0) is 5.56 Å². The minimum atomic E-state index is -0.758. The van der Waals surface area contributed by atoms with E-state index in [1.54, 1.807) is 19.2 Å². The molecule has 1 aromatic rings. The molecule has 0 aliphatic carbocycles. The van der Waals surface area contributed by atoms with E-state index in [1.165, 1.54) is 12.1 Å². The molecule has 0 amide bonds. The molecule has 0 spiro atoms. The van der Waals surface area contributed by atoms with Crippen LogP contribution < -0.4 is 5.32 Å². The van der Waals surface area contributed by atoms with Crippen LogP contribution in [-0.2, 0) is 4.74 Å². The average Bonchev–Trinajstić information content (AvgIpc) is 2.34. The summed E-state index contributed by atoms with van der Waals surface area (Å²) in [6.07, 6.45) is -0.758. The van der Waals surface area contributed by atoms with Gasteiger partial charge in [-0.2, -0.15) is 0 Å². The summed E-state index contributed by atoms with van der Waals surface area (Å²) in [4.78, 5) is 10.1. The van der Waals surface area contributed by atoms with E-state index in [9.17, 15) is 15.2 Å². The molecule has 6 heteroatoms. The summed E-state index contributed by atoms with van der Waals surface area (Å²) in [5, 5.41) is 23.4. The zero-order valence-corrected chi connectivity index (χ0v) is 9.63. The molecule has 0 aromatic heterocycles. The first kappa shape index (κ1) is 13.6. The monoisotopic (exact) mass is 240 g/mol. The van der Waals surface area contributed by atoms with Gasteiger partial charge in [0.25, 0.3) is 5.69 Å². The molecule has 0 saturated carbocycles. The summed E-state index contributed by atoms with van der Waals surface area (Å²) < 4.78 is 4.85. The summed E-state index contributed by atoms with van der Waals surface area (Å²) in [6, 6.07) is 6.00. The van der Waals surface area contributed by atoms with Crippen molar-refractivity contribution in [2.24, 2.45) is 0 Å². The number of ether oxygens (including phenoxy) is 1. The van der Waals surface area contributed by atoms with Crippen LogP contribution in [0.4, 0.5) is 5.69 Å². The van der Waals surface area contributed by atoms with Gasteiger partial charge < -0.3 is 15.2 Å². The molecule has 0 radical (unpaired) electrons. The lowest BCUT2D eigenvalue weighted by Gasteiger charge is -2.11. The van der Waals surface area contributed by atoms with Gasteiger partial charge in [-0.3, -0.25) is 10.1 Å². The van der Waals surface area contributed by atoms with Gasteiger partial charge >= 0.3 is 0 Å². The molecule has 0 bridgehead atoms. The standard InChI is InChI=1S/C11H16N2O4/c1-17-6-5-12-8-11(14)9-3-2-4-10(7-9)13(15)16/h2-4,7,11-12,14H,5-6,8H2,1H3/t11-/m1/s1. The van der Waals surface area contributed by atoms with E-state index in [0.29, 0.717) is 25.3 Å². The first-order valence-corrected chi connectivity index (χ1v) is 5.27. The van der Waals surface area contributed by atoms with Crippen molar-refractivity contribution >= 4 is 5.69 Å². The summed E-state index contributed by atoms with van der Waals surface area (Å²) in [7, 11) is 1.60. The number of aliphatic hydroxyl groups excluding tert-OH is 1. The molecule has 1 aromatic carbocycles. The van der Waals surface area contributed by atoms with Crippen molar-refractivity contribution in [3.63, 3.8) is 0 Å². The van der Waals surface area contributed by atoms with Crippen LogP contribution in [0.2, 0.25) is 0 Å². The fraction of sp³-hybridized carbons (Fsp3) is 0.455. The molecule has 0 saturated heterocycles. The molecule has 0 aliphatic rings. The summed E-state index contributed by atoms with van der Waals surface area (Å²) >= 11 is 0. The number of hydrogen-bond donors (Lipinski definition) is 2. The van der Waals surface area contributed by atoms with E-state index in [2.05, 4.69) is 5.32 Å². The van der Waals surface area contributed by atoms with Crippen molar-refractivity contribution in [2.45, 2.75) is 6.10 Å². The summed E-state index contributed by atoms with van der Waals surface area (Å²) in [6.45, 7) is 1.52. The van der Waals surface area contributed by atoms with Gasteiger partial charge in [0.2, 0.25) is 0 Å². The number of hydrogen-bond acceptors (Lipinski definition) is 5. The lowest BCUT2D eigenvalue weighted by Crippen LogP contribution is -2.25. The highest BCUT2D eigenvalue weighted by Crippen LogP contribution is 2.18. The molecule has 17 heavy (non-hydrogen) atoms. The van der Waals surface area contributed by atoms with E-state index in [4.69, 9.17) is 4.74 Å². The molecule has 6 nitrogen and oxygen atoms in total. The summed E-state index contributed by atoms with van der Waals surface area (Å²) in [5.74, 6) is 0. The zero-order valence-electron chi connectivity index (χ0n) is 9.63. The second-order valence-corrected chi connectivity index (χ2v) is 3.56. The average molecular weight is 240 g/mol. The van der Waals surface area contributed by atoms with Gasteiger partial charge in [-0.1, -0.05) is 12.1 Å². The van der Waals surface area contributed by atoms with Gasteiger partial charge in [0.1, 0.15) is 0 Å². The predicted octanol–water partition coefficient (Wildman–Crippen LogP) is 0.864. The maximum absolute atomic E-state index is 10.6. The number of benzene rings is 1. The smallest absolute Gasteiger partial charge is 0.269 e. The number of aliphatic hydroxyl groups is 1. The quantitative estimate of drug-likeness (QED) is 0.419. The Morgan fingerprint density at radius 2 is 2.35 bits per heavy atom. The number of non-ortho nitro benzene ring substituents is 1. The lowest BCUT2D eigenvalue weighted by molar-refractivity contribution is -0.385. The molecular weight excluding hydrogens is 224 g/mol. The van der Waals surface area contributed by atoms with Gasteiger partial charge in [0.05, 0.1) is 17.6 Å². The summed E-state index contributed by atoms with van der Waals surface area (Å²) in [5.41, 5.74) is 0.516. The van der Waals surface area contributed by atoms with Crippen LogP contribution in [0.1, 0.15) is 11.7 Å². The Balaban J connectivity index is 2.53. The fourth-order valence-electron chi connectivity index (χ4n) is 1.38. The van der Waals surface area contributed by atoms with E-state index in [1.807, 2.05) is 0 Å². The Morgan fingerprint density at radius 3 is 3.00 bits per heavy atom. The molecule has 0 aliphatic heterocycles. The SMILES string of the molecule is COCCNC[C@@H](O)c1cccc([N+](=O)[O-])c1. The Bertz CT molecular complexity index is 370. The van der Waals surface area contributed by atoms with Crippen LogP contribution in [-0.4, -0.2) is 36.8 Å². The molecule has 94 valence electrons. The molecular formula is C11H16N2O4. The van der Waals surface area contributed by atoms with Crippen molar-refractivity contribution in [3.8, 4) is 0 Å². The van der Waals surface area contributed by atoms with Gasteiger partial charge in [0.15, 0.2) is 0 Å². The Morgan fingerprint density at radius 1 is 1.59 bits per heavy atom. The number of nitrogens with zero attached hydrogens (tertiary/aromatic N) is 1. The highest BCUT2D eigenvalue weighted by molar-refractivity contribution is 5.35. The Hall–Kier alpha value is -1.50. The predicted molar refractivity (Wildman–Crippen MR) is 62.8 cm³/mol. The number of nitrogens with one attached hydrogen (secondary N) is 1. The zero-order chi connectivity index (χ0) is 12.7. The maximum Gasteiger partial charge on any atom is 0.269 e. The third-order valence-electron chi connectivity index (χ3n) is 2.29. The molecule has 1 rings (SSSR count). The number of methoxy groups -OCH3 is 1. The Labute approximate surface area is 99.4 Å². The number of nitro benzene ring substituents is 1. The molecule has 0 fully saturated rings. The highest BCUT2D eigenvalue weighted by Gasteiger charge is 2.11. The second kappa shape index (κ2) is 6.95. The number of nitro groups is 1. The van der Waals surface area contributed by atoms with Gasteiger partial charge in [-0.15, -0.1) is 0 Å². The van der Waals surface area contributed by atoms with Crippen LogP contribution >= 0.6 is 0 Å². The second-order valence-electron chi connectivity index (χ2n) is 3.56. The Kier molecular flexibility index (Phi) is 5.55. The van der Waals surface area contributed by atoms with Crippen molar-refractivity contribution in [3.05, 3.63) is 39.9 Å². The third-order valence-corrected chi connectivity index (χ3v) is 2.29. The van der Waals surface area contributed by atoms with E-state index in [-0.39, 0.29) is 5.69 Å². The van der Waals surface area contributed by atoms with Crippen molar-refractivity contribution < 1.29 is 14.8 Å². The van der Waals surface area contributed by atoms with Crippen molar-refractivity contribution in [1.82, 2.24) is 5.32 Å². The highest BCUT2D eigenvalue weighted by atomic mass is 16.6. The lowest BCUT2D eigenvalue weighted by atomic mass is 10.1. The van der Waals surface area contributed by atoms with Crippen LogP contribution in [0.3, 0.4) is 0 Å². The normalized spacial score (nSPS) is 12.4. The van der Waals surface area contributed by atoms with Crippen LogP contribution in [0.5, 0.6) is 0 Å². The third kappa shape index (κ3) is 4.48. The van der Waals surface area contributed by atoms with Crippen molar-refractivity contribution in [1.29, 1.82) is 0 Å². The maximum atomic E-state index is 10.6. The van der Waals surface area contributed by atoms with Crippen LogP contribution in [0, 0.1) is 10.1 Å². The first-order chi connectivity index (χ1) is 8.15. The molecule has 0 unspecified atom stereocenters. The van der Waals surface area contributed by atoms with Crippen LogP contribution in [0.15, 0.2) is 24.3 Å². The van der Waals surface area contributed by atoms with Crippen molar-refractivity contribution in [2.75, 3.05) is 26.8 Å². The van der Waals surface area contributed by atoms with E-state index < -0.39 is 11.0 Å². The van der Waals surface area contributed by atoms with Gasteiger partial charge in [0, 0.05) is 32.3 Å². The van der Waals surface area contributed by atoms with Crippen LogP contribution in [0.25, 0.3) is 0 Å². The van der Waals surface area contributed by atoms with E-state index in [0.717, 1.165) is 0 Å². The van der Waals surface area contributed by atoms with Gasteiger partial charge in [-0.25, -0.2) is 0 Å². The van der Waals surface area contributed by atoms with E-state index >= 15 is 0 Å². The first-order valence-electron chi connectivity index (χ1n) is 5.27. The minimum Gasteiger partial charge on any atom is -0.387 e. The largest absolute Gasteiger partial charge is 0.387 e.